The second kappa shape index (κ2) is 8.15. The van der Waals surface area contributed by atoms with Crippen molar-refractivity contribution >= 4 is 42.5 Å². The Kier molecular flexibility index (Phi) is 5.59. The largest absolute Gasteiger partial charge is 0.379 e. The first kappa shape index (κ1) is 19.9. The van der Waals surface area contributed by atoms with Crippen LogP contribution in [-0.4, -0.2) is 56.3 Å². The molecule has 4 rings (SSSR count). The van der Waals surface area contributed by atoms with Crippen molar-refractivity contribution < 1.29 is 22.3 Å². The van der Waals surface area contributed by atoms with Crippen molar-refractivity contribution in [2.75, 3.05) is 38.2 Å². The number of sulfonamides is 1. The van der Waals surface area contributed by atoms with E-state index in [1.807, 2.05) is 0 Å². The number of hydrogen-bond acceptors (Lipinski definition) is 7. The SMILES string of the molecule is O=C(CNc1nc2ccc(F)cc2s1)c1cccc(S(=O)(=O)N2CCOCC2)c1. The molecule has 3 aromatic rings. The van der Waals surface area contributed by atoms with Crippen LogP contribution in [0.4, 0.5) is 9.52 Å². The molecule has 1 aromatic heterocycles. The summed E-state index contributed by atoms with van der Waals surface area (Å²) >= 11 is 1.25. The van der Waals surface area contributed by atoms with E-state index in [4.69, 9.17) is 4.74 Å². The maximum atomic E-state index is 13.3. The molecule has 1 aliphatic rings. The molecule has 1 fully saturated rings. The van der Waals surface area contributed by atoms with Crippen LogP contribution in [-0.2, 0) is 14.8 Å². The number of morpholine rings is 1. The van der Waals surface area contributed by atoms with Crippen LogP contribution in [0.5, 0.6) is 0 Å². The van der Waals surface area contributed by atoms with E-state index < -0.39 is 10.0 Å². The Morgan fingerprint density at radius 2 is 2.00 bits per heavy atom. The molecule has 0 saturated carbocycles. The number of Topliss-reactive ketones (excluding diaryl/α,β-unsaturated/α-hetero) is 1. The predicted molar refractivity (Wildman–Crippen MR) is 108 cm³/mol. The van der Waals surface area contributed by atoms with Crippen molar-refractivity contribution in [2.24, 2.45) is 0 Å². The summed E-state index contributed by atoms with van der Waals surface area (Å²) in [6.07, 6.45) is 0. The Morgan fingerprint density at radius 1 is 1.21 bits per heavy atom. The minimum atomic E-state index is -3.67. The second-order valence-corrected chi connectivity index (χ2v) is 9.42. The molecule has 0 aliphatic carbocycles. The van der Waals surface area contributed by atoms with Gasteiger partial charge >= 0.3 is 0 Å². The lowest BCUT2D eigenvalue weighted by atomic mass is 10.1. The molecular formula is C19H18FN3O4S2. The molecule has 0 amide bonds. The van der Waals surface area contributed by atoms with E-state index in [1.54, 1.807) is 18.2 Å². The van der Waals surface area contributed by atoms with Crippen molar-refractivity contribution in [3.63, 3.8) is 0 Å². The van der Waals surface area contributed by atoms with E-state index >= 15 is 0 Å². The Morgan fingerprint density at radius 3 is 2.79 bits per heavy atom. The number of nitrogens with zero attached hydrogens (tertiary/aromatic N) is 2. The minimum Gasteiger partial charge on any atom is -0.379 e. The summed E-state index contributed by atoms with van der Waals surface area (Å²) in [5.74, 6) is -0.614. The number of carbonyl (C=O) groups is 1. The molecule has 2 heterocycles. The number of hydrogen-bond donors (Lipinski definition) is 1. The molecule has 0 spiro atoms. The maximum absolute atomic E-state index is 13.3. The number of aromatic nitrogens is 1. The zero-order valence-electron chi connectivity index (χ0n) is 15.3. The third kappa shape index (κ3) is 4.30. The van der Waals surface area contributed by atoms with Crippen molar-refractivity contribution in [2.45, 2.75) is 4.90 Å². The highest BCUT2D eigenvalue weighted by molar-refractivity contribution is 7.89. The van der Waals surface area contributed by atoms with Crippen LogP contribution in [0.3, 0.4) is 0 Å². The summed E-state index contributed by atoms with van der Waals surface area (Å²) in [5.41, 5.74) is 0.934. The number of halogens is 1. The Balaban J connectivity index is 1.47. The topological polar surface area (TPSA) is 88.6 Å². The van der Waals surface area contributed by atoms with E-state index in [-0.39, 0.29) is 23.0 Å². The molecule has 7 nitrogen and oxygen atoms in total. The van der Waals surface area contributed by atoms with E-state index in [0.717, 1.165) is 0 Å². The number of rotatable bonds is 6. The Labute approximate surface area is 171 Å². The van der Waals surface area contributed by atoms with Crippen molar-refractivity contribution in [1.82, 2.24) is 9.29 Å². The molecule has 29 heavy (non-hydrogen) atoms. The fourth-order valence-electron chi connectivity index (χ4n) is 3.00. The lowest BCUT2D eigenvalue weighted by Crippen LogP contribution is -2.40. The van der Waals surface area contributed by atoms with Gasteiger partial charge in [-0.25, -0.2) is 17.8 Å². The summed E-state index contributed by atoms with van der Waals surface area (Å²) < 4.78 is 46.1. The summed E-state index contributed by atoms with van der Waals surface area (Å²) in [6, 6.07) is 10.3. The first-order chi connectivity index (χ1) is 13.9. The predicted octanol–water partition coefficient (Wildman–Crippen LogP) is 2.75. The van der Waals surface area contributed by atoms with Crippen LogP contribution in [0.1, 0.15) is 10.4 Å². The molecule has 0 radical (unpaired) electrons. The Bertz CT molecular complexity index is 1160. The van der Waals surface area contributed by atoms with Crippen LogP contribution in [0.2, 0.25) is 0 Å². The number of anilines is 1. The summed E-state index contributed by atoms with van der Waals surface area (Å²) in [5, 5.41) is 3.43. The first-order valence-corrected chi connectivity index (χ1v) is 11.2. The van der Waals surface area contributed by atoms with Gasteiger partial charge in [-0.05, 0) is 30.3 Å². The van der Waals surface area contributed by atoms with Gasteiger partial charge in [0.05, 0.1) is 34.9 Å². The van der Waals surface area contributed by atoms with Crippen LogP contribution < -0.4 is 5.32 Å². The van der Waals surface area contributed by atoms with Gasteiger partial charge in [-0.15, -0.1) is 0 Å². The van der Waals surface area contributed by atoms with Gasteiger partial charge in [-0.3, -0.25) is 4.79 Å². The molecule has 0 bridgehead atoms. The number of nitrogens with one attached hydrogen (secondary N) is 1. The van der Waals surface area contributed by atoms with Gasteiger partial charge in [0, 0.05) is 18.7 Å². The fraction of sp³-hybridized carbons (Fsp3) is 0.263. The van der Waals surface area contributed by atoms with E-state index in [1.165, 1.54) is 39.9 Å². The number of fused-ring (bicyclic) bond motifs is 1. The molecule has 1 aliphatic heterocycles. The number of ketones is 1. The number of benzene rings is 2. The van der Waals surface area contributed by atoms with E-state index in [9.17, 15) is 17.6 Å². The highest BCUT2D eigenvalue weighted by Crippen LogP contribution is 2.26. The molecule has 152 valence electrons. The molecule has 2 aromatic carbocycles. The zero-order chi connectivity index (χ0) is 20.4. The quantitative estimate of drug-likeness (QED) is 0.599. The maximum Gasteiger partial charge on any atom is 0.243 e. The van der Waals surface area contributed by atoms with Crippen molar-refractivity contribution in [1.29, 1.82) is 0 Å². The number of carbonyl (C=O) groups excluding carboxylic acids is 1. The number of ether oxygens (including phenoxy) is 1. The molecule has 0 atom stereocenters. The third-order valence-corrected chi connectivity index (χ3v) is 7.39. The molecular weight excluding hydrogens is 417 g/mol. The fourth-order valence-corrected chi connectivity index (χ4v) is 5.34. The Hall–Kier alpha value is -2.40. The van der Waals surface area contributed by atoms with Gasteiger partial charge in [0.1, 0.15) is 5.82 Å². The first-order valence-electron chi connectivity index (χ1n) is 8.94. The highest BCUT2D eigenvalue weighted by atomic mass is 32.2. The smallest absolute Gasteiger partial charge is 0.243 e. The number of thiazole rings is 1. The normalized spacial score (nSPS) is 15.5. The van der Waals surface area contributed by atoms with Crippen LogP contribution in [0.25, 0.3) is 10.2 Å². The van der Waals surface area contributed by atoms with Gasteiger partial charge in [-0.2, -0.15) is 4.31 Å². The van der Waals surface area contributed by atoms with E-state index in [0.29, 0.717) is 47.2 Å². The average molecular weight is 436 g/mol. The minimum absolute atomic E-state index is 0.0522. The van der Waals surface area contributed by atoms with Gasteiger partial charge in [0.2, 0.25) is 10.0 Å². The summed E-state index contributed by atoms with van der Waals surface area (Å²) in [4.78, 5) is 17.0. The standard InChI is InChI=1S/C19H18FN3O4S2/c20-14-4-5-16-18(11-14)28-19(22-16)21-12-17(24)13-2-1-3-15(10-13)29(25,26)23-6-8-27-9-7-23/h1-5,10-11H,6-9,12H2,(H,21,22). The van der Waals surface area contributed by atoms with Crippen LogP contribution >= 0.6 is 11.3 Å². The van der Waals surface area contributed by atoms with Crippen molar-refractivity contribution in [3.8, 4) is 0 Å². The molecule has 1 saturated heterocycles. The highest BCUT2D eigenvalue weighted by Gasteiger charge is 2.26. The van der Waals surface area contributed by atoms with Crippen molar-refractivity contribution in [3.05, 3.63) is 53.8 Å². The third-order valence-electron chi connectivity index (χ3n) is 4.51. The summed E-state index contributed by atoms with van der Waals surface area (Å²) in [6.45, 7) is 1.24. The average Bonchev–Trinajstić information content (AvgIpc) is 3.14. The molecule has 1 N–H and O–H groups in total. The summed E-state index contributed by atoms with van der Waals surface area (Å²) in [7, 11) is -3.67. The molecule has 0 unspecified atom stereocenters. The second-order valence-electron chi connectivity index (χ2n) is 6.45. The lowest BCUT2D eigenvalue weighted by molar-refractivity contribution is 0.0730. The van der Waals surface area contributed by atoms with Gasteiger partial charge in [0.15, 0.2) is 10.9 Å². The van der Waals surface area contributed by atoms with Gasteiger partial charge < -0.3 is 10.1 Å². The lowest BCUT2D eigenvalue weighted by Gasteiger charge is -2.26. The molecule has 10 heteroatoms. The van der Waals surface area contributed by atoms with E-state index in [2.05, 4.69) is 10.3 Å². The zero-order valence-corrected chi connectivity index (χ0v) is 16.9. The van der Waals surface area contributed by atoms with Gasteiger partial charge in [-0.1, -0.05) is 23.5 Å². The van der Waals surface area contributed by atoms with Crippen LogP contribution in [0.15, 0.2) is 47.4 Å². The van der Waals surface area contributed by atoms with Crippen LogP contribution in [0, 0.1) is 5.82 Å². The monoisotopic (exact) mass is 435 g/mol. The van der Waals surface area contributed by atoms with Gasteiger partial charge in [0.25, 0.3) is 0 Å².